The van der Waals surface area contributed by atoms with Crippen molar-refractivity contribution >= 4 is 17.4 Å². The van der Waals surface area contributed by atoms with Crippen LogP contribution in [-0.4, -0.2) is 32.7 Å². The Kier molecular flexibility index (Phi) is 22.0. The zero-order valence-electron chi connectivity index (χ0n) is 23.2. The van der Waals surface area contributed by atoms with Gasteiger partial charge in [-0.3, -0.25) is 0 Å². The fourth-order valence-electron chi connectivity index (χ4n) is 3.72. The Bertz CT molecular complexity index is 741. The highest BCUT2D eigenvalue weighted by molar-refractivity contribution is 5.75. The van der Waals surface area contributed by atoms with Gasteiger partial charge in [-0.05, 0) is 36.0 Å². The molecular formula is C33H48AlO3. The molecule has 0 spiro atoms. The molecular weight excluding hydrogens is 471 g/mol. The Hall–Kier alpha value is -1.93. The van der Waals surface area contributed by atoms with Gasteiger partial charge in [0.2, 0.25) is 0 Å². The Morgan fingerprint density at radius 2 is 0.649 bits per heavy atom. The van der Waals surface area contributed by atoms with Crippen molar-refractivity contribution in [1.82, 2.24) is 0 Å². The lowest BCUT2D eigenvalue weighted by Crippen LogP contribution is -1.95. The van der Waals surface area contributed by atoms with Crippen LogP contribution in [0.4, 0.5) is 0 Å². The lowest BCUT2D eigenvalue weighted by Gasteiger charge is -2.09. The summed E-state index contributed by atoms with van der Waals surface area (Å²) in [6, 6.07) is 29.5. The Morgan fingerprint density at radius 1 is 0.432 bits per heavy atom. The van der Waals surface area contributed by atoms with Crippen LogP contribution in [0.3, 0.4) is 0 Å². The summed E-state index contributed by atoms with van der Waals surface area (Å²) in [5, 5.41) is 29.0. The lowest BCUT2D eigenvalue weighted by atomic mass is 10.0. The van der Waals surface area contributed by atoms with Gasteiger partial charge in [0.15, 0.2) is 0 Å². The van der Waals surface area contributed by atoms with Gasteiger partial charge in [0.1, 0.15) is 0 Å². The lowest BCUT2D eigenvalue weighted by molar-refractivity contribution is 0.164. The number of benzene rings is 3. The molecule has 3 rings (SSSR count). The normalized spacial score (nSPS) is 12.5. The van der Waals surface area contributed by atoms with Crippen molar-refractivity contribution in [2.24, 2.45) is 0 Å². The van der Waals surface area contributed by atoms with Crippen molar-refractivity contribution in [3.63, 3.8) is 0 Å². The van der Waals surface area contributed by atoms with Gasteiger partial charge in [-0.2, -0.15) is 0 Å². The molecule has 0 fully saturated rings. The van der Waals surface area contributed by atoms with Gasteiger partial charge in [-0.1, -0.05) is 150 Å². The van der Waals surface area contributed by atoms with Crippen LogP contribution >= 0.6 is 0 Å². The van der Waals surface area contributed by atoms with Gasteiger partial charge >= 0.3 is 0 Å². The van der Waals surface area contributed by atoms with E-state index in [2.05, 4.69) is 20.8 Å². The summed E-state index contributed by atoms with van der Waals surface area (Å²) in [5.41, 5.74) is 3.10. The maximum atomic E-state index is 9.65. The fourth-order valence-corrected chi connectivity index (χ4v) is 3.72. The summed E-state index contributed by atoms with van der Waals surface area (Å²) in [6.45, 7) is 6.41. The van der Waals surface area contributed by atoms with Crippen molar-refractivity contribution < 1.29 is 15.3 Å². The molecule has 0 heterocycles. The van der Waals surface area contributed by atoms with Crippen LogP contribution in [0.15, 0.2) is 91.0 Å². The van der Waals surface area contributed by atoms with Crippen molar-refractivity contribution in [2.45, 2.75) is 96.9 Å². The minimum atomic E-state index is -0.272. The van der Waals surface area contributed by atoms with Crippen molar-refractivity contribution in [3.05, 3.63) is 108 Å². The molecule has 0 saturated heterocycles. The monoisotopic (exact) mass is 519 g/mol. The molecule has 0 aromatic heterocycles. The second-order valence-corrected chi connectivity index (χ2v) is 9.21. The quantitative estimate of drug-likeness (QED) is 0.211. The van der Waals surface area contributed by atoms with Crippen LogP contribution in [0.5, 0.6) is 0 Å². The van der Waals surface area contributed by atoms with Crippen LogP contribution in [-0.2, 0) is 0 Å². The van der Waals surface area contributed by atoms with Gasteiger partial charge in [0.25, 0.3) is 0 Å². The Labute approximate surface area is 236 Å². The van der Waals surface area contributed by atoms with Gasteiger partial charge < -0.3 is 15.3 Å². The summed E-state index contributed by atoms with van der Waals surface area (Å²) in [6.07, 6.45) is 8.52. The predicted molar refractivity (Wildman–Crippen MR) is 159 cm³/mol. The van der Waals surface area contributed by atoms with Crippen LogP contribution in [0, 0.1) is 0 Å². The zero-order valence-corrected chi connectivity index (χ0v) is 24.3. The topological polar surface area (TPSA) is 60.7 Å². The highest BCUT2D eigenvalue weighted by Gasteiger charge is 2.06. The molecule has 37 heavy (non-hydrogen) atoms. The maximum absolute atomic E-state index is 9.65. The van der Waals surface area contributed by atoms with E-state index in [4.69, 9.17) is 0 Å². The number of rotatable bonds is 12. The highest BCUT2D eigenvalue weighted by atomic mass is 27.0. The van der Waals surface area contributed by atoms with E-state index in [0.29, 0.717) is 0 Å². The summed E-state index contributed by atoms with van der Waals surface area (Å²) in [4.78, 5) is 0. The average Bonchev–Trinajstić information content (AvgIpc) is 2.95. The van der Waals surface area contributed by atoms with E-state index in [9.17, 15) is 15.3 Å². The molecule has 0 aliphatic carbocycles. The van der Waals surface area contributed by atoms with Crippen molar-refractivity contribution in [2.75, 3.05) is 0 Å². The zero-order chi connectivity index (χ0) is 26.4. The molecule has 3 N–H and O–H groups in total. The van der Waals surface area contributed by atoms with Crippen LogP contribution in [0.1, 0.15) is 114 Å². The van der Waals surface area contributed by atoms with Crippen LogP contribution in [0.25, 0.3) is 0 Å². The van der Waals surface area contributed by atoms with E-state index in [0.717, 1.165) is 74.5 Å². The Morgan fingerprint density at radius 3 is 0.838 bits per heavy atom. The fraction of sp³-hybridized carbons (Fsp3) is 0.455. The van der Waals surface area contributed by atoms with Crippen molar-refractivity contribution in [1.29, 1.82) is 0 Å². The molecule has 4 heteroatoms. The summed E-state index contributed by atoms with van der Waals surface area (Å²) >= 11 is 0. The molecule has 0 amide bonds. The molecule has 3 atom stereocenters. The molecule has 201 valence electrons. The highest BCUT2D eigenvalue weighted by Crippen LogP contribution is 2.19. The number of hydrogen-bond acceptors (Lipinski definition) is 3. The van der Waals surface area contributed by atoms with Gasteiger partial charge in [-0.15, -0.1) is 0 Å². The second-order valence-electron chi connectivity index (χ2n) is 9.21. The molecule has 3 radical (unpaired) electrons. The van der Waals surface area contributed by atoms with E-state index < -0.39 is 0 Å². The summed E-state index contributed by atoms with van der Waals surface area (Å²) in [7, 11) is 0. The molecule has 0 bridgehead atoms. The first-order valence-corrected chi connectivity index (χ1v) is 13.7. The molecule has 3 aromatic rings. The minimum absolute atomic E-state index is 0. The predicted octanol–water partition coefficient (Wildman–Crippen LogP) is 8.35. The third-order valence-corrected chi connectivity index (χ3v) is 6.05. The summed E-state index contributed by atoms with van der Waals surface area (Å²) < 4.78 is 0. The van der Waals surface area contributed by atoms with Crippen LogP contribution < -0.4 is 0 Å². The first kappa shape index (κ1) is 35.1. The van der Waals surface area contributed by atoms with E-state index in [1.165, 1.54) is 0 Å². The first-order chi connectivity index (χ1) is 17.5. The third kappa shape index (κ3) is 16.5. The molecule has 0 aliphatic heterocycles. The van der Waals surface area contributed by atoms with E-state index in [1.54, 1.807) is 0 Å². The number of aliphatic hydroxyl groups is 3. The number of aliphatic hydroxyl groups excluding tert-OH is 3. The van der Waals surface area contributed by atoms with E-state index >= 15 is 0 Å². The largest absolute Gasteiger partial charge is 0.388 e. The van der Waals surface area contributed by atoms with Gasteiger partial charge in [0, 0.05) is 17.4 Å². The SMILES string of the molecule is CCCCC(O)c1ccccc1.CCCCC(O)c1ccccc1.CCCCC(O)c1ccccc1.[Al]. The first-order valence-electron chi connectivity index (χ1n) is 13.7. The second kappa shape index (κ2) is 23.2. The molecule has 0 aliphatic rings. The van der Waals surface area contributed by atoms with E-state index in [1.807, 2.05) is 91.0 Å². The average molecular weight is 520 g/mol. The third-order valence-electron chi connectivity index (χ3n) is 6.05. The van der Waals surface area contributed by atoms with Gasteiger partial charge in [-0.25, -0.2) is 0 Å². The van der Waals surface area contributed by atoms with Gasteiger partial charge in [0.05, 0.1) is 18.3 Å². The van der Waals surface area contributed by atoms with Crippen LogP contribution in [0.2, 0.25) is 0 Å². The maximum Gasteiger partial charge on any atom is 0.0790 e. The molecule has 3 nitrogen and oxygen atoms in total. The number of hydrogen-bond donors (Lipinski definition) is 3. The molecule has 3 unspecified atom stereocenters. The number of unbranched alkanes of at least 4 members (excludes halogenated alkanes) is 3. The van der Waals surface area contributed by atoms with E-state index in [-0.39, 0.29) is 35.7 Å². The Balaban J connectivity index is 0.000000518. The smallest absolute Gasteiger partial charge is 0.0790 e. The minimum Gasteiger partial charge on any atom is -0.388 e. The summed E-state index contributed by atoms with van der Waals surface area (Å²) in [5.74, 6) is 0. The molecule has 3 aromatic carbocycles. The molecule has 0 saturated carbocycles. The standard InChI is InChI=1S/3C11H16O.Al/c3*1-2-3-9-11(12)10-7-5-4-6-8-10;/h3*4-8,11-12H,2-3,9H2,1H3;. The van der Waals surface area contributed by atoms with Crippen molar-refractivity contribution in [3.8, 4) is 0 Å².